The standard InChI is InChI=1S/C12H10O2.Cd/c1-8-6-7-11(12(13)14)10-5-3-2-4-9(8)10;/h2-7H,1H3,(H,13,14);. The number of carbonyl (C=O) groups is 1. The van der Waals surface area contributed by atoms with Gasteiger partial charge in [0, 0.05) is 27.3 Å². The van der Waals surface area contributed by atoms with Gasteiger partial charge in [-0.25, -0.2) is 4.79 Å². The summed E-state index contributed by atoms with van der Waals surface area (Å²) in [5, 5.41) is 10.8. The summed E-state index contributed by atoms with van der Waals surface area (Å²) >= 11 is 0. The molecule has 72 valence electrons. The number of rotatable bonds is 1. The zero-order valence-electron chi connectivity index (χ0n) is 8.53. The van der Waals surface area contributed by atoms with Crippen LogP contribution in [-0.2, 0) is 27.3 Å². The van der Waals surface area contributed by atoms with Crippen molar-refractivity contribution in [1.82, 2.24) is 0 Å². The summed E-state index contributed by atoms with van der Waals surface area (Å²) in [6.45, 7) is 1.98. The monoisotopic (exact) mass is 300 g/mol. The number of carboxylic acid groups (broad SMARTS) is 1. The van der Waals surface area contributed by atoms with Crippen LogP contribution in [0.15, 0.2) is 36.4 Å². The fourth-order valence-corrected chi connectivity index (χ4v) is 1.64. The molecule has 2 aromatic carbocycles. The van der Waals surface area contributed by atoms with Crippen LogP contribution < -0.4 is 0 Å². The first kappa shape index (κ1) is 12.2. The molecule has 0 aliphatic heterocycles. The van der Waals surface area contributed by atoms with Crippen molar-refractivity contribution in [3.05, 3.63) is 47.5 Å². The Kier molecular flexibility index (Phi) is 3.85. The van der Waals surface area contributed by atoms with Gasteiger partial charge in [0.15, 0.2) is 0 Å². The Morgan fingerprint density at radius 3 is 2.27 bits per heavy atom. The second kappa shape index (κ2) is 4.74. The maximum atomic E-state index is 10.9. The minimum atomic E-state index is -0.874. The maximum Gasteiger partial charge on any atom is 0.336 e. The largest absolute Gasteiger partial charge is 0.478 e. The van der Waals surface area contributed by atoms with E-state index in [0.717, 1.165) is 16.3 Å². The average Bonchev–Trinajstić information content (AvgIpc) is 2.18. The van der Waals surface area contributed by atoms with Gasteiger partial charge in [0.05, 0.1) is 5.56 Å². The molecule has 0 amide bonds. The first-order valence-electron chi connectivity index (χ1n) is 4.42. The Labute approximate surface area is 108 Å². The van der Waals surface area contributed by atoms with Crippen LogP contribution >= 0.6 is 0 Å². The summed E-state index contributed by atoms with van der Waals surface area (Å²) in [4.78, 5) is 10.9. The Morgan fingerprint density at radius 2 is 1.67 bits per heavy atom. The van der Waals surface area contributed by atoms with Crippen molar-refractivity contribution < 1.29 is 37.2 Å². The van der Waals surface area contributed by atoms with E-state index in [0.29, 0.717) is 5.56 Å². The van der Waals surface area contributed by atoms with E-state index in [1.165, 1.54) is 0 Å². The van der Waals surface area contributed by atoms with Crippen molar-refractivity contribution >= 4 is 16.7 Å². The zero-order chi connectivity index (χ0) is 10.1. The van der Waals surface area contributed by atoms with Gasteiger partial charge in [-0.3, -0.25) is 0 Å². The smallest absolute Gasteiger partial charge is 0.336 e. The van der Waals surface area contributed by atoms with Crippen LogP contribution in [0.1, 0.15) is 15.9 Å². The number of hydrogen-bond acceptors (Lipinski definition) is 1. The van der Waals surface area contributed by atoms with Crippen molar-refractivity contribution in [3.63, 3.8) is 0 Å². The number of hydrogen-bond donors (Lipinski definition) is 1. The fourth-order valence-electron chi connectivity index (χ4n) is 1.64. The molecular weight excluding hydrogens is 289 g/mol. The third kappa shape index (κ3) is 2.19. The SMILES string of the molecule is Cc1ccc(C(=O)O)c2ccccc12.[Cd]. The van der Waals surface area contributed by atoms with E-state index in [4.69, 9.17) is 5.11 Å². The van der Waals surface area contributed by atoms with Crippen LogP contribution in [-0.4, -0.2) is 11.1 Å². The zero-order valence-corrected chi connectivity index (χ0v) is 12.6. The van der Waals surface area contributed by atoms with Crippen molar-refractivity contribution in [2.45, 2.75) is 6.92 Å². The van der Waals surface area contributed by atoms with Gasteiger partial charge >= 0.3 is 5.97 Å². The third-order valence-electron chi connectivity index (χ3n) is 2.37. The van der Waals surface area contributed by atoms with Gasteiger partial charge in [0.25, 0.3) is 0 Å². The molecule has 2 nitrogen and oxygen atoms in total. The maximum absolute atomic E-state index is 10.9. The summed E-state index contributed by atoms with van der Waals surface area (Å²) in [6.07, 6.45) is 0. The predicted molar refractivity (Wildman–Crippen MR) is 55.6 cm³/mol. The molecule has 0 saturated carbocycles. The molecule has 2 aromatic rings. The molecule has 3 heteroatoms. The number of benzene rings is 2. The van der Waals surface area contributed by atoms with E-state index in [1.807, 2.05) is 37.3 Å². The van der Waals surface area contributed by atoms with Gasteiger partial charge in [0.1, 0.15) is 0 Å². The molecule has 0 aliphatic carbocycles. The van der Waals surface area contributed by atoms with Gasteiger partial charge in [-0.15, -0.1) is 0 Å². The van der Waals surface area contributed by atoms with E-state index in [1.54, 1.807) is 6.07 Å². The van der Waals surface area contributed by atoms with Crippen LogP contribution in [0.5, 0.6) is 0 Å². The number of aryl methyl sites for hydroxylation is 1. The molecule has 0 atom stereocenters. The van der Waals surface area contributed by atoms with Crippen LogP contribution in [0.2, 0.25) is 0 Å². The van der Waals surface area contributed by atoms with Crippen molar-refractivity contribution in [1.29, 1.82) is 0 Å². The van der Waals surface area contributed by atoms with Gasteiger partial charge < -0.3 is 5.11 Å². The van der Waals surface area contributed by atoms with E-state index in [-0.39, 0.29) is 27.3 Å². The predicted octanol–water partition coefficient (Wildman–Crippen LogP) is 2.84. The van der Waals surface area contributed by atoms with Gasteiger partial charge in [-0.1, -0.05) is 30.3 Å². The van der Waals surface area contributed by atoms with Crippen molar-refractivity contribution in [3.8, 4) is 0 Å². The summed E-state index contributed by atoms with van der Waals surface area (Å²) in [5.41, 5.74) is 1.47. The van der Waals surface area contributed by atoms with Gasteiger partial charge in [-0.2, -0.15) is 0 Å². The summed E-state index contributed by atoms with van der Waals surface area (Å²) in [6, 6.07) is 11.0. The van der Waals surface area contributed by atoms with Gasteiger partial charge in [-0.05, 0) is 29.3 Å². The molecule has 1 N–H and O–H groups in total. The van der Waals surface area contributed by atoms with Crippen LogP contribution in [0.4, 0.5) is 0 Å². The quantitative estimate of drug-likeness (QED) is 0.822. The van der Waals surface area contributed by atoms with Crippen molar-refractivity contribution in [2.24, 2.45) is 0 Å². The molecule has 2 rings (SSSR count). The molecule has 0 aromatic heterocycles. The number of fused-ring (bicyclic) bond motifs is 1. The second-order valence-electron chi connectivity index (χ2n) is 3.28. The summed E-state index contributed by atoms with van der Waals surface area (Å²) in [7, 11) is 0. The van der Waals surface area contributed by atoms with E-state index in [2.05, 4.69) is 0 Å². The number of carboxylic acids is 1. The normalized spacial score (nSPS) is 9.67. The van der Waals surface area contributed by atoms with Crippen LogP contribution in [0, 0.1) is 6.92 Å². The minimum absolute atomic E-state index is 0. The van der Waals surface area contributed by atoms with E-state index < -0.39 is 5.97 Å². The van der Waals surface area contributed by atoms with Gasteiger partial charge in [0.2, 0.25) is 0 Å². The van der Waals surface area contributed by atoms with Crippen molar-refractivity contribution in [2.75, 3.05) is 0 Å². The minimum Gasteiger partial charge on any atom is -0.478 e. The molecule has 0 aliphatic rings. The van der Waals surface area contributed by atoms with E-state index in [9.17, 15) is 4.79 Å². The molecule has 0 fully saturated rings. The number of aromatic carboxylic acids is 1. The Balaban J connectivity index is 0.00000112. The average molecular weight is 299 g/mol. The first-order valence-corrected chi connectivity index (χ1v) is 4.42. The molecule has 0 bridgehead atoms. The summed E-state index contributed by atoms with van der Waals surface area (Å²) < 4.78 is 0. The molecule has 0 saturated heterocycles. The molecule has 15 heavy (non-hydrogen) atoms. The molecular formula is C12H10CdO2. The van der Waals surface area contributed by atoms with Crippen LogP contribution in [0.3, 0.4) is 0 Å². The fraction of sp³-hybridized carbons (Fsp3) is 0.0833. The molecule has 0 radical (unpaired) electrons. The Hall–Kier alpha value is -0.908. The molecule has 0 unspecified atom stereocenters. The second-order valence-corrected chi connectivity index (χ2v) is 3.28. The topological polar surface area (TPSA) is 37.3 Å². The molecule has 0 heterocycles. The first-order chi connectivity index (χ1) is 6.70. The van der Waals surface area contributed by atoms with Crippen LogP contribution in [0.25, 0.3) is 10.8 Å². The third-order valence-corrected chi connectivity index (χ3v) is 2.37. The van der Waals surface area contributed by atoms with E-state index >= 15 is 0 Å². The Morgan fingerprint density at radius 1 is 1.07 bits per heavy atom. The molecule has 0 spiro atoms. The summed E-state index contributed by atoms with van der Waals surface area (Å²) in [5.74, 6) is -0.874. The Bertz CT molecular complexity index is 506.